The van der Waals surface area contributed by atoms with Crippen LogP contribution in [-0.4, -0.2) is 24.4 Å². The molecular weight excluding hydrogens is 224 g/mol. The third-order valence-corrected chi connectivity index (χ3v) is 4.13. The van der Waals surface area contributed by atoms with Gasteiger partial charge in [0, 0.05) is 5.92 Å². The minimum atomic E-state index is 0.308. The maximum absolute atomic E-state index is 9.04. The molecule has 108 valence electrons. The van der Waals surface area contributed by atoms with E-state index in [1.807, 2.05) is 0 Å². The van der Waals surface area contributed by atoms with Crippen molar-refractivity contribution in [3.8, 4) is 0 Å². The van der Waals surface area contributed by atoms with E-state index in [1.54, 1.807) is 0 Å². The first-order chi connectivity index (χ1) is 8.88. The average Bonchev–Trinajstić information content (AvgIpc) is 2.35. The van der Waals surface area contributed by atoms with Gasteiger partial charge in [0.25, 0.3) is 0 Å². The van der Waals surface area contributed by atoms with Crippen LogP contribution in [0, 0.1) is 5.92 Å². The molecule has 18 heavy (non-hydrogen) atoms. The maximum atomic E-state index is 9.04. The SMILES string of the molecule is CCCCCCCCCCCCC1OCC1CO. The lowest BCUT2D eigenvalue weighted by atomic mass is 9.93. The lowest BCUT2D eigenvalue weighted by Gasteiger charge is -2.35. The fourth-order valence-electron chi connectivity index (χ4n) is 2.69. The lowest BCUT2D eigenvalue weighted by Crippen LogP contribution is -2.41. The van der Waals surface area contributed by atoms with Crippen LogP contribution in [0.15, 0.2) is 0 Å². The second kappa shape index (κ2) is 10.8. The Bertz CT molecular complexity index is 180. The van der Waals surface area contributed by atoms with Crippen LogP contribution in [0.25, 0.3) is 0 Å². The molecule has 2 nitrogen and oxygen atoms in total. The van der Waals surface area contributed by atoms with Crippen molar-refractivity contribution in [1.29, 1.82) is 0 Å². The van der Waals surface area contributed by atoms with Crippen LogP contribution >= 0.6 is 0 Å². The van der Waals surface area contributed by atoms with Gasteiger partial charge in [-0.05, 0) is 6.42 Å². The van der Waals surface area contributed by atoms with Gasteiger partial charge in [0.1, 0.15) is 0 Å². The van der Waals surface area contributed by atoms with Crippen LogP contribution in [0.4, 0.5) is 0 Å². The normalized spacial score (nSPS) is 23.0. The lowest BCUT2D eigenvalue weighted by molar-refractivity contribution is -0.134. The van der Waals surface area contributed by atoms with Gasteiger partial charge in [-0.25, -0.2) is 0 Å². The summed E-state index contributed by atoms with van der Waals surface area (Å²) in [4.78, 5) is 0. The van der Waals surface area contributed by atoms with Gasteiger partial charge in [-0.2, -0.15) is 0 Å². The van der Waals surface area contributed by atoms with E-state index in [4.69, 9.17) is 9.84 Å². The molecule has 0 saturated carbocycles. The maximum Gasteiger partial charge on any atom is 0.0647 e. The summed E-state index contributed by atoms with van der Waals surface area (Å²) in [5.74, 6) is 0.434. The average molecular weight is 256 g/mol. The second-order valence-corrected chi connectivity index (χ2v) is 5.79. The minimum Gasteiger partial charge on any atom is -0.396 e. The van der Waals surface area contributed by atoms with Crippen molar-refractivity contribution in [2.45, 2.75) is 83.7 Å². The predicted molar refractivity (Wildman–Crippen MR) is 76.8 cm³/mol. The molecule has 2 heteroatoms. The summed E-state index contributed by atoms with van der Waals surface area (Å²) in [6, 6.07) is 0. The number of aliphatic hydroxyl groups excluding tert-OH is 1. The molecule has 0 radical (unpaired) electrons. The van der Waals surface area contributed by atoms with Crippen LogP contribution in [-0.2, 0) is 4.74 Å². The topological polar surface area (TPSA) is 29.5 Å². The molecule has 1 aliphatic rings. The second-order valence-electron chi connectivity index (χ2n) is 5.79. The van der Waals surface area contributed by atoms with Gasteiger partial charge in [0.15, 0.2) is 0 Å². The van der Waals surface area contributed by atoms with Gasteiger partial charge in [0.2, 0.25) is 0 Å². The number of hydrogen-bond donors (Lipinski definition) is 1. The highest BCUT2D eigenvalue weighted by atomic mass is 16.5. The van der Waals surface area contributed by atoms with Crippen molar-refractivity contribution >= 4 is 0 Å². The van der Waals surface area contributed by atoms with E-state index in [9.17, 15) is 0 Å². The van der Waals surface area contributed by atoms with E-state index in [0.717, 1.165) is 13.0 Å². The van der Waals surface area contributed by atoms with Crippen LogP contribution in [0.2, 0.25) is 0 Å². The minimum absolute atomic E-state index is 0.308. The van der Waals surface area contributed by atoms with E-state index in [2.05, 4.69) is 6.92 Å². The number of unbranched alkanes of at least 4 members (excludes halogenated alkanes) is 9. The molecule has 0 aromatic rings. The van der Waals surface area contributed by atoms with Crippen molar-refractivity contribution in [2.24, 2.45) is 5.92 Å². The molecule has 1 aliphatic heterocycles. The van der Waals surface area contributed by atoms with Crippen LogP contribution in [0.1, 0.15) is 77.6 Å². The fourth-order valence-corrected chi connectivity index (χ4v) is 2.69. The molecule has 0 aromatic carbocycles. The van der Waals surface area contributed by atoms with Crippen molar-refractivity contribution in [3.63, 3.8) is 0 Å². The number of ether oxygens (including phenoxy) is 1. The Balaban J connectivity index is 1.74. The Morgan fingerprint density at radius 1 is 0.889 bits per heavy atom. The fraction of sp³-hybridized carbons (Fsp3) is 1.00. The Kier molecular flexibility index (Phi) is 9.59. The van der Waals surface area contributed by atoms with E-state index < -0.39 is 0 Å². The summed E-state index contributed by atoms with van der Waals surface area (Å²) >= 11 is 0. The van der Waals surface area contributed by atoms with Crippen molar-refractivity contribution in [2.75, 3.05) is 13.2 Å². The number of aliphatic hydroxyl groups is 1. The first-order valence-corrected chi connectivity index (χ1v) is 8.11. The quantitative estimate of drug-likeness (QED) is 0.527. The molecule has 1 heterocycles. The standard InChI is InChI=1S/C16H32O2/c1-2-3-4-5-6-7-8-9-10-11-12-16-15(13-17)14-18-16/h15-17H,2-14H2,1H3. The highest BCUT2D eigenvalue weighted by molar-refractivity contribution is 4.77. The molecular formula is C16H32O2. The molecule has 0 amide bonds. The first kappa shape index (κ1) is 16.0. The highest BCUT2D eigenvalue weighted by Crippen LogP contribution is 2.25. The van der Waals surface area contributed by atoms with Crippen molar-refractivity contribution in [1.82, 2.24) is 0 Å². The van der Waals surface area contributed by atoms with E-state index in [1.165, 1.54) is 64.2 Å². The molecule has 2 atom stereocenters. The van der Waals surface area contributed by atoms with Gasteiger partial charge in [-0.15, -0.1) is 0 Å². The zero-order chi connectivity index (χ0) is 13.1. The first-order valence-electron chi connectivity index (χ1n) is 8.11. The molecule has 0 bridgehead atoms. The van der Waals surface area contributed by atoms with Gasteiger partial charge >= 0.3 is 0 Å². The molecule has 1 saturated heterocycles. The van der Waals surface area contributed by atoms with Crippen LogP contribution in [0.5, 0.6) is 0 Å². The summed E-state index contributed by atoms with van der Waals surface area (Å²) < 4.78 is 5.46. The largest absolute Gasteiger partial charge is 0.396 e. The van der Waals surface area contributed by atoms with Crippen molar-refractivity contribution in [3.05, 3.63) is 0 Å². The molecule has 0 spiro atoms. The number of hydrogen-bond acceptors (Lipinski definition) is 2. The summed E-state index contributed by atoms with van der Waals surface area (Å²) in [5.41, 5.74) is 0. The predicted octanol–water partition coefficient (Wildman–Crippen LogP) is 4.30. The summed E-state index contributed by atoms with van der Waals surface area (Å²) in [6.07, 6.45) is 15.4. The van der Waals surface area contributed by atoms with E-state index in [0.29, 0.717) is 18.6 Å². The molecule has 0 aromatic heterocycles. The Labute approximate surface area is 113 Å². The Morgan fingerprint density at radius 3 is 1.89 bits per heavy atom. The van der Waals surface area contributed by atoms with Gasteiger partial charge < -0.3 is 9.84 Å². The van der Waals surface area contributed by atoms with Gasteiger partial charge in [0.05, 0.1) is 19.3 Å². The zero-order valence-electron chi connectivity index (χ0n) is 12.2. The van der Waals surface area contributed by atoms with Crippen molar-refractivity contribution < 1.29 is 9.84 Å². The number of rotatable bonds is 12. The monoisotopic (exact) mass is 256 g/mol. The van der Waals surface area contributed by atoms with E-state index in [-0.39, 0.29) is 0 Å². The third kappa shape index (κ3) is 6.75. The van der Waals surface area contributed by atoms with Crippen LogP contribution in [0.3, 0.4) is 0 Å². The zero-order valence-corrected chi connectivity index (χ0v) is 12.2. The Hall–Kier alpha value is -0.0800. The van der Waals surface area contributed by atoms with Gasteiger partial charge in [-0.3, -0.25) is 0 Å². The van der Waals surface area contributed by atoms with E-state index >= 15 is 0 Å². The van der Waals surface area contributed by atoms with Crippen LogP contribution < -0.4 is 0 Å². The smallest absolute Gasteiger partial charge is 0.0647 e. The summed E-state index contributed by atoms with van der Waals surface area (Å²) in [7, 11) is 0. The summed E-state index contributed by atoms with van der Waals surface area (Å²) in [5, 5.41) is 9.04. The molecule has 0 aliphatic carbocycles. The molecule has 1 fully saturated rings. The summed E-state index contributed by atoms with van der Waals surface area (Å²) in [6.45, 7) is 3.36. The molecule has 1 N–H and O–H groups in total. The highest BCUT2D eigenvalue weighted by Gasteiger charge is 2.30. The van der Waals surface area contributed by atoms with Gasteiger partial charge in [-0.1, -0.05) is 71.1 Å². The molecule has 2 unspecified atom stereocenters. The Morgan fingerprint density at radius 2 is 1.44 bits per heavy atom. The molecule has 1 rings (SSSR count). The third-order valence-electron chi connectivity index (χ3n) is 4.13.